The van der Waals surface area contributed by atoms with Gasteiger partial charge in [-0.25, -0.2) is 0 Å². The summed E-state index contributed by atoms with van der Waals surface area (Å²) in [5.41, 5.74) is 6.34. The summed E-state index contributed by atoms with van der Waals surface area (Å²) in [5, 5.41) is 8.79. The van der Waals surface area contributed by atoms with E-state index in [2.05, 4.69) is 32.4 Å². The maximum Gasteiger partial charge on any atom is 0.196 e. The van der Waals surface area contributed by atoms with Gasteiger partial charge in [0.25, 0.3) is 0 Å². The molecule has 8 heteroatoms. The van der Waals surface area contributed by atoms with Crippen molar-refractivity contribution in [2.24, 2.45) is 0 Å². The molecule has 40 heavy (non-hydrogen) atoms. The van der Waals surface area contributed by atoms with Gasteiger partial charge in [-0.1, -0.05) is 35.5 Å². The first-order valence-corrected chi connectivity index (χ1v) is 13.3. The molecule has 0 radical (unpaired) electrons. The highest BCUT2D eigenvalue weighted by atomic mass is 16.5. The molecular weight excluding hydrogens is 504 g/mol. The summed E-state index contributed by atoms with van der Waals surface area (Å²) in [6.45, 7) is 3.29. The van der Waals surface area contributed by atoms with E-state index in [-0.39, 0.29) is 5.78 Å². The third kappa shape index (κ3) is 3.91. The first-order valence-electron chi connectivity index (χ1n) is 13.3. The van der Waals surface area contributed by atoms with Gasteiger partial charge in [-0.3, -0.25) is 4.79 Å². The number of benzene rings is 4. The highest BCUT2D eigenvalue weighted by molar-refractivity contribution is 6.28. The molecule has 1 aliphatic heterocycles. The van der Waals surface area contributed by atoms with Gasteiger partial charge in [-0.2, -0.15) is 0 Å². The Morgan fingerprint density at radius 3 is 2.27 bits per heavy atom. The third-order valence-electron chi connectivity index (χ3n) is 7.79. The highest BCUT2D eigenvalue weighted by Crippen LogP contribution is 2.46. The Bertz CT molecular complexity index is 1740. The smallest absolute Gasteiger partial charge is 0.196 e. The standard InChI is InChI=1S/C32H28N4O4/c1-38-22-12-10-21(11-13-22)35-14-16-36(17-15-35)27-19-26(33-20-6-5-7-23(18-20)39-2)28-29-30(27)34-40-32(29)25-9-4-3-8-24(25)31(28)37/h3-13,18-19,33H,14-17H2,1-2H3. The summed E-state index contributed by atoms with van der Waals surface area (Å²) in [7, 11) is 3.32. The van der Waals surface area contributed by atoms with E-state index in [1.165, 1.54) is 5.69 Å². The number of hydrogen-bond donors (Lipinski definition) is 1. The zero-order valence-electron chi connectivity index (χ0n) is 22.3. The second-order valence-electron chi connectivity index (χ2n) is 9.96. The zero-order valence-corrected chi connectivity index (χ0v) is 22.3. The molecule has 0 bridgehead atoms. The quantitative estimate of drug-likeness (QED) is 0.275. The number of piperazine rings is 1. The minimum atomic E-state index is -0.0439. The van der Waals surface area contributed by atoms with E-state index in [1.54, 1.807) is 14.2 Å². The molecule has 1 fully saturated rings. The number of methoxy groups -OCH3 is 2. The Morgan fingerprint density at radius 1 is 0.800 bits per heavy atom. The molecule has 2 aliphatic rings. The van der Waals surface area contributed by atoms with Gasteiger partial charge in [0, 0.05) is 54.7 Å². The average molecular weight is 533 g/mol. The van der Waals surface area contributed by atoms with Crippen molar-refractivity contribution in [3.05, 3.63) is 90.0 Å². The number of rotatable bonds is 6. The number of carbonyl (C=O) groups is 1. The summed E-state index contributed by atoms with van der Waals surface area (Å²) < 4.78 is 16.7. The zero-order chi connectivity index (χ0) is 27.2. The van der Waals surface area contributed by atoms with Gasteiger partial charge in [0.15, 0.2) is 11.5 Å². The Hall–Kier alpha value is -4.98. The Balaban J connectivity index is 1.30. The van der Waals surface area contributed by atoms with Crippen LogP contribution in [0.4, 0.5) is 22.7 Å². The number of ether oxygens (including phenoxy) is 2. The van der Waals surface area contributed by atoms with Crippen molar-refractivity contribution in [2.45, 2.75) is 0 Å². The monoisotopic (exact) mass is 532 g/mol. The molecule has 1 N–H and O–H groups in total. The van der Waals surface area contributed by atoms with Gasteiger partial charge >= 0.3 is 0 Å². The van der Waals surface area contributed by atoms with E-state index < -0.39 is 0 Å². The lowest BCUT2D eigenvalue weighted by Gasteiger charge is -2.37. The summed E-state index contributed by atoms with van der Waals surface area (Å²) in [6.07, 6.45) is 0. The van der Waals surface area contributed by atoms with E-state index in [9.17, 15) is 4.79 Å². The van der Waals surface area contributed by atoms with Crippen LogP contribution >= 0.6 is 0 Å². The van der Waals surface area contributed by atoms with Gasteiger partial charge in [-0.15, -0.1) is 0 Å². The molecule has 1 aliphatic carbocycles. The summed E-state index contributed by atoms with van der Waals surface area (Å²) in [4.78, 5) is 18.6. The number of ketones is 1. The molecule has 0 saturated carbocycles. The van der Waals surface area contributed by atoms with Crippen molar-refractivity contribution in [1.82, 2.24) is 5.16 Å². The van der Waals surface area contributed by atoms with Gasteiger partial charge in [0.05, 0.1) is 36.5 Å². The molecule has 0 spiro atoms. The molecule has 1 saturated heterocycles. The average Bonchev–Trinajstić information content (AvgIpc) is 3.46. The van der Waals surface area contributed by atoms with Crippen LogP contribution in [0.15, 0.2) is 83.4 Å². The molecule has 0 unspecified atom stereocenters. The van der Waals surface area contributed by atoms with Gasteiger partial charge < -0.3 is 29.1 Å². The minimum absolute atomic E-state index is 0.0439. The van der Waals surface area contributed by atoms with Crippen LogP contribution < -0.4 is 24.6 Å². The molecule has 7 rings (SSSR count). The van der Waals surface area contributed by atoms with Crippen LogP contribution in [0.5, 0.6) is 11.5 Å². The van der Waals surface area contributed by atoms with Crippen LogP contribution in [-0.4, -0.2) is 51.3 Å². The van der Waals surface area contributed by atoms with Crippen LogP contribution in [0.25, 0.3) is 22.2 Å². The maximum absolute atomic E-state index is 13.9. The molecule has 8 nitrogen and oxygen atoms in total. The Morgan fingerprint density at radius 2 is 1.52 bits per heavy atom. The van der Waals surface area contributed by atoms with Crippen molar-refractivity contribution in [3.8, 4) is 22.8 Å². The van der Waals surface area contributed by atoms with Crippen LogP contribution in [0.3, 0.4) is 0 Å². The summed E-state index contributed by atoms with van der Waals surface area (Å²) >= 11 is 0. The van der Waals surface area contributed by atoms with E-state index in [0.717, 1.165) is 65.7 Å². The molecule has 1 aromatic heterocycles. The second kappa shape index (κ2) is 9.64. The van der Waals surface area contributed by atoms with Crippen molar-refractivity contribution in [3.63, 3.8) is 0 Å². The maximum atomic E-state index is 13.9. The van der Waals surface area contributed by atoms with Crippen molar-refractivity contribution < 1.29 is 18.8 Å². The van der Waals surface area contributed by atoms with E-state index in [4.69, 9.17) is 14.0 Å². The predicted molar refractivity (Wildman–Crippen MR) is 157 cm³/mol. The Labute approximate surface area is 231 Å². The lowest BCUT2D eigenvalue weighted by Crippen LogP contribution is -2.46. The first-order chi connectivity index (χ1) is 19.6. The topological polar surface area (TPSA) is 80.1 Å². The fourth-order valence-electron chi connectivity index (χ4n) is 5.74. The van der Waals surface area contributed by atoms with Crippen LogP contribution in [0.2, 0.25) is 0 Å². The lowest BCUT2D eigenvalue weighted by molar-refractivity contribution is 0.104. The van der Waals surface area contributed by atoms with Gasteiger partial charge in [-0.05, 0) is 42.5 Å². The fraction of sp³-hybridized carbons (Fsp3) is 0.188. The van der Waals surface area contributed by atoms with E-state index >= 15 is 0 Å². The number of nitrogens with one attached hydrogen (secondary N) is 1. The molecule has 5 aromatic rings. The highest BCUT2D eigenvalue weighted by Gasteiger charge is 2.34. The minimum Gasteiger partial charge on any atom is -0.497 e. The van der Waals surface area contributed by atoms with Crippen LogP contribution in [0, 0.1) is 0 Å². The molecule has 0 amide bonds. The first kappa shape index (κ1) is 24.1. The van der Waals surface area contributed by atoms with Gasteiger partial charge in [0.1, 0.15) is 17.0 Å². The molecule has 200 valence electrons. The van der Waals surface area contributed by atoms with E-state index in [1.807, 2.05) is 66.7 Å². The number of nitrogens with zero attached hydrogens (tertiary/aromatic N) is 3. The SMILES string of the molecule is COc1ccc(N2CCN(c3cc(Nc4cccc(OC)c4)c4c5c(onc35)-c3ccccc3C4=O)CC2)cc1. The lowest BCUT2D eigenvalue weighted by atomic mass is 9.86. The van der Waals surface area contributed by atoms with Crippen LogP contribution in [-0.2, 0) is 0 Å². The second-order valence-corrected chi connectivity index (χ2v) is 9.96. The molecule has 0 atom stereocenters. The fourth-order valence-corrected chi connectivity index (χ4v) is 5.74. The predicted octanol–water partition coefficient (Wildman–Crippen LogP) is 6.13. The molecular formula is C32H28N4O4. The van der Waals surface area contributed by atoms with Crippen molar-refractivity contribution >= 4 is 39.4 Å². The number of carbonyl (C=O) groups excluding carboxylic acids is 1. The van der Waals surface area contributed by atoms with Crippen molar-refractivity contribution in [2.75, 3.05) is 55.5 Å². The molecule has 2 heterocycles. The van der Waals surface area contributed by atoms with E-state index in [0.29, 0.717) is 22.4 Å². The Kier molecular flexibility index (Phi) is 5.81. The normalized spacial score (nSPS) is 14.3. The largest absolute Gasteiger partial charge is 0.497 e. The summed E-state index contributed by atoms with van der Waals surface area (Å²) in [6, 6.07) is 25.5. The van der Waals surface area contributed by atoms with Crippen molar-refractivity contribution in [1.29, 1.82) is 0 Å². The third-order valence-corrected chi connectivity index (χ3v) is 7.79. The molecule has 4 aromatic carbocycles. The summed E-state index contributed by atoms with van der Waals surface area (Å²) in [5.74, 6) is 2.17. The number of fused-ring (bicyclic) bond motifs is 2. The van der Waals surface area contributed by atoms with Gasteiger partial charge in [0.2, 0.25) is 0 Å². The van der Waals surface area contributed by atoms with Crippen LogP contribution in [0.1, 0.15) is 15.9 Å². The number of hydrogen-bond acceptors (Lipinski definition) is 8. The number of aromatic nitrogens is 1. The number of anilines is 4.